The smallest absolute Gasteiger partial charge is 0.433 e. The Morgan fingerprint density at radius 3 is 2.47 bits per heavy atom. The molecule has 0 saturated carbocycles. The number of aryl methyl sites for hydroxylation is 1. The first kappa shape index (κ1) is 28.1. The van der Waals surface area contributed by atoms with Crippen LogP contribution in [0, 0.1) is 0 Å². The lowest BCUT2D eigenvalue weighted by atomic mass is 9.89. The Kier molecular flexibility index (Phi) is 8.18. The minimum absolute atomic E-state index is 0. The summed E-state index contributed by atoms with van der Waals surface area (Å²) < 4.78 is 83.2. The van der Waals surface area contributed by atoms with Crippen LogP contribution in [0.5, 0.6) is 0 Å². The molecule has 1 saturated heterocycles. The predicted octanol–water partition coefficient (Wildman–Crippen LogP) is 1.83. The first-order valence-corrected chi connectivity index (χ1v) is 10.9. The number of amides is 1. The first-order valence-electron chi connectivity index (χ1n) is 10.9. The van der Waals surface area contributed by atoms with Crippen LogP contribution in [0.3, 0.4) is 0 Å². The summed E-state index contributed by atoms with van der Waals surface area (Å²) in [7, 11) is 1.72. The number of para-hydroxylation sites is 1. The van der Waals surface area contributed by atoms with E-state index in [2.05, 4.69) is 4.98 Å². The normalized spacial score (nSPS) is 17.6. The zero-order valence-corrected chi connectivity index (χ0v) is 21.1. The number of benzene rings is 1. The number of hydrogen-bond donors (Lipinski definition) is 1. The Morgan fingerprint density at radius 1 is 1.11 bits per heavy atom. The molecule has 2 atom stereocenters. The molecule has 0 bridgehead atoms. The molecule has 1 aliphatic rings. The molecule has 1 aromatic carbocycles. The van der Waals surface area contributed by atoms with Gasteiger partial charge in [-0.05, 0) is 43.0 Å². The number of aromatic nitrogens is 2. The zero-order valence-electron chi connectivity index (χ0n) is 18.9. The Hall–Kier alpha value is -2.48. The molecule has 36 heavy (non-hydrogen) atoms. The molecule has 0 aliphatic carbocycles. The number of aliphatic hydroxyl groups excluding tert-OH is 1. The molecule has 1 fully saturated rings. The highest BCUT2D eigenvalue weighted by molar-refractivity contribution is 5.94. The summed E-state index contributed by atoms with van der Waals surface area (Å²) in [6.07, 6.45) is -6.86. The van der Waals surface area contributed by atoms with E-state index in [0.717, 1.165) is 6.07 Å². The minimum atomic E-state index is -5.04. The van der Waals surface area contributed by atoms with Crippen molar-refractivity contribution in [1.29, 1.82) is 0 Å². The van der Waals surface area contributed by atoms with Gasteiger partial charge >= 0.3 is 12.4 Å². The van der Waals surface area contributed by atoms with Crippen LogP contribution < -0.4 is 28.5 Å². The Labute approximate surface area is 219 Å². The maximum Gasteiger partial charge on any atom is 0.433 e. The number of aliphatic hydroxyl groups is 1. The third-order valence-electron chi connectivity index (χ3n) is 6.15. The van der Waals surface area contributed by atoms with Gasteiger partial charge in [-0.2, -0.15) is 26.3 Å². The number of nitrogens with zero attached hydrogens (tertiary/aromatic N) is 3. The van der Waals surface area contributed by atoms with E-state index in [9.17, 15) is 36.2 Å². The van der Waals surface area contributed by atoms with E-state index in [1.54, 1.807) is 36.1 Å². The average Bonchev–Trinajstić information content (AvgIpc) is 2.80. The van der Waals surface area contributed by atoms with E-state index in [4.69, 9.17) is 0 Å². The fraction of sp³-hybridized carbons (Fsp3) is 0.375. The first-order chi connectivity index (χ1) is 16.4. The molecule has 0 spiro atoms. The van der Waals surface area contributed by atoms with E-state index in [1.807, 2.05) is 0 Å². The van der Waals surface area contributed by atoms with Crippen molar-refractivity contribution in [3.8, 4) is 0 Å². The van der Waals surface area contributed by atoms with Crippen molar-refractivity contribution < 1.29 is 64.8 Å². The lowest BCUT2D eigenvalue weighted by molar-refractivity contribution is -0.671. The monoisotopic (exact) mass is 625 g/mol. The summed E-state index contributed by atoms with van der Waals surface area (Å²) in [6, 6.07) is 5.80. The Bertz CT molecular complexity index is 1260. The van der Waals surface area contributed by atoms with Gasteiger partial charge in [0.2, 0.25) is 0 Å². The van der Waals surface area contributed by atoms with Crippen molar-refractivity contribution in [3.05, 3.63) is 71.2 Å². The number of halogens is 7. The highest BCUT2D eigenvalue weighted by Crippen LogP contribution is 2.41. The van der Waals surface area contributed by atoms with Crippen LogP contribution in [0.15, 0.2) is 48.8 Å². The van der Waals surface area contributed by atoms with Crippen molar-refractivity contribution in [2.45, 2.75) is 43.8 Å². The van der Waals surface area contributed by atoms with E-state index in [0.29, 0.717) is 30.5 Å². The number of likely N-dealkylation sites (tertiary alicyclic amines) is 1. The van der Waals surface area contributed by atoms with Crippen molar-refractivity contribution >= 4 is 16.8 Å². The molecular formula is C24H22F6IN3O2. The largest absolute Gasteiger partial charge is 1.00 e. The number of carbonyl (C=O) groups is 1. The van der Waals surface area contributed by atoms with Gasteiger partial charge in [0.25, 0.3) is 5.91 Å². The third-order valence-corrected chi connectivity index (χ3v) is 6.15. The third kappa shape index (κ3) is 5.58. The zero-order chi connectivity index (χ0) is 25.5. The molecule has 4 rings (SSSR count). The SMILES string of the molecule is C[n+]1cccc(C(=O)N2CCCC[C@@H]2[C@@H](O)c2cc(C(F)(F)F)nc3c(C(F)(F)F)cccc23)c1.[I-]. The van der Waals surface area contributed by atoms with Gasteiger partial charge in [-0.1, -0.05) is 12.1 Å². The van der Waals surface area contributed by atoms with Gasteiger partial charge in [0, 0.05) is 18.0 Å². The van der Waals surface area contributed by atoms with Gasteiger partial charge in [0.1, 0.15) is 24.4 Å². The van der Waals surface area contributed by atoms with Gasteiger partial charge in [-0.15, -0.1) is 0 Å². The fourth-order valence-corrected chi connectivity index (χ4v) is 4.52. The Balaban J connectivity index is 0.00000361. The van der Waals surface area contributed by atoms with Crippen LogP contribution in [0.2, 0.25) is 0 Å². The van der Waals surface area contributed by atoms with Gasteiger partial charge < -0.3 is 34.0 Å². The second kappa shape index (κ2) is 10.5. The second-order valence-corrected chi connectivity index (χ2v) is 8.56. The highest BCUT2D eigenvalue weighted by Gasteiger charge is 2.40. The van der Waals surface area contributed by atoms with Gasteiger partial charge in [0.15, 0.2) is 12.4 Å². The summed E-state index contributed by atoms with van der Waals surface area (Å²) in [5.41, 5.74) is -3.80. The van der Waals surface area contributed by atoms with Crippen LogP contribution >= 0.6 is 0 Å². The molecule has 5 nitrogen and oxygen atoms in total. The molecule has 1 aliphatic heterocycles. The fourth-order valence-electron chi connectivity index (χ4n) is 4.52. The number of pyridine rings is 2. The maximum absolute atomic E-state index is 13.6. The average molecular weight is 625 g/mol. The number of fused-ring (bicyclic) bond motifs is 1. The van der Waals surface area contributed by atoms with E-state index in [1.165, 1.54) is 11.0 Å². The topological polar surface area (TPSA) is 57.3 Å². The van der Waals surface area contributed by atoms with Crippen LogP contribution in [-0.4, -0.2) is 33.5 Å². The van der Waals surface area contributed by atoms with Gasteiger partial charge in [0.05, 0.1) is 17.1 Å². The molecule has 2 aromatic heterocycles. The molecule has 1 N–H and O–H groups in total. The van der Waals surface area contributed by atoms with E-state index >= 15 is 0 Å². The highest BCUT2D eigenvalue weighted by atomic mass is 127. The summed E-state index contributed by atoms with van der Waals surface area (Å²) in [5.74, 6) is -0.421. The van der Waals surface area contributed by atoms with Crippen molar-refractivity contribution in [2.75, 3.05) is 6.54 Å². The van der Waals surface area contributed by atoms with Crippen molar-refractivity contribution in [3.63, 3.8) is 0 Å². The van der Waals surface area contributed by atoms with E-state index in [-0.39, 0.29) is 47.9 Å². The number of rotatable bonds is 3. The lowest BCUT2D eigenvalue weighted by Gasteiger charge is -2.39. The number of carbonyl (C=O) groups excluding carboxylic acids is 1. The summed E-state index contributed by atoms with van der Waals surface area (Å²) in [5, 5.41) is 11.0. The number of hydrogen-bond acceptors (Lipinski definition) is 3. The van der Waals surface area contributed by atoms with Crippen LogP contribution in [-0.2, 0) is 19.4 Å². The standard InChI is InChI=1S/C24H22F6N3O2.HI/c1-32-10-5-6-14(13-32)22(35)33-11-3-2-9-18(33)21(34)16-12-19(24(28,29)30)31-20-15(16)7-4-8-17(20)23(25,26)27;/h4-8,10,12-13,18,21,34H,2-3,9,11H2,1H3;1H/q+1;/p-1/t18-,21+;/m1./s1. The van der Waals surface area contributed by atoms with Crippen LogP contribution in [0.4, 0.5) is 26.3 Å². The Morgan fingerprint density at radius 2 is 1.83 bits per heavy atom. The molecule has 0 radical (unpaired) electrons. The molecule has 3 aromatic rings. The van der Waals surface area contributed by atoms with Gasteiger partial charge in [-0.25, -0.2) is 9.55 Å². The van der Waals surface area contributed by atoms with Crippen molar-refractivity contribution in [2.24, 2.45) is 7.05 Å². The molecule has 0 unspecified atom stereocenters. The number of piperidine rings is 1. The van der Waals surface area contributed by atoms with E-state index < -0.39 is 47.2 Å². The van der Waals surface area contributed by atoms with Crippen molar-refractivity contribution in [1.82, 2.24) is 9.88 Å². The second-order valence-electron chi connectivity index (χ2n) is 8.56. The molecule has 3 heterocycles. The van der Waals surface area contributed by atoms with Crippen LogP contribution in [0.25, 0.3) is 10.9 Å². The maximum atomic E-state index is 13.6. The van der Waals surface area contributed by atoms with Gasteiger partial charge in [-0.3, -0.25) is 4.79 Å². The minimum Gasteiger partial charge on any atom is -1.00 e. The quantitative estimate of drug-likeness (QED) is 0.275. The predicted molar refractivity (Wildman–Crippen MR) is 113 cm³/mol. The molecule has 1 amide bonds. The lowest BCUT2D eigenvalue weighted by Crippen LogP contribution is -3.00. The summed E-state index contributed by atoms with van der Waals surface area (Å²) in [6.45, 7) is 0.252. The molecule has 194 valence electrons. The molecule has 12 heteroatoms. The summed E-state index contributed by atoms with van der Waals surface area (Å²) >= 11 is 0. The van der Waals surface area contributed by atoms with Crippen LogP contribution in [0.1, 0.15) is 52.5 Å². The number of alkyl halides is 6. The molecular weight excluding hydrogens is 603 g/mol. The summed E-state index contributed by atoms with van der Waals surface area (Å²) in [4.78, 5) is 17.9.